The van der Waals surface area contributed by atoms with Crippen LogP contribution in [0, 0.1) is 0 Å². The SMILES string of the molecule is CCc1ccc([C@@H](COC)NC(=O)c2cnn(C(C)(C)C)c2)o1. The molecule has 0 aliphatic rings. The summed E-state index contributed by atoms with van der Waals surface area (Å²) in [5.74, 6) is 1.38. The van der Waals surface area contributed by atoms with Crippen molar-refractivity contribution in [2.45, 2.75) is 45.7 Å². The summed E-state index contributed by atoms with van der Waals surface area (Å²) in [7, 11) is 1.60. The van der Waals surface area contributed by atoms with Gasteiger partial charge in [0.05, 0.1) is 23.9 Å². The van der Waals surface area contributed by atoms with Gasteiger partial charge in [-0.3, -0.25) is 9.48 Å². The van der Waals surface area contributed by atoms with Gasteiger partial charge < -0.3 is 14.5 Å². The number of aryl methyl sites for hydroxylation is 1. The first-order chi connectivity index (χ1) is 10.8. The van der Waals surface area contributed by atoms with Gasteiger partial charge in [-0.25, -0.2) is 0 Å². The minimum atomic E-state index is -0.328. The van der Waals surface area contributed by atoms with E-state index in [1.165, 1.54) is 0 Å². The van der Waals surface area contributed by atoms with Crippen molar-refractivity contribution in [3.63, 3.8) is 0 Å². The number of ether oxygens (including phenoxy) is 1. The molecule has 2 rings (SSSR count). The van der Waals surface area contributed by atoms with Gasteiger partial charge in [-0.05, 0) is 32.9 Å². The van der Waals surface area contributed by atoms with E-state index in [0.29, 0.717) is 17.9 Å². The minimum Gasteiger partial charge on any atom is -0.464 e. The second-order valence-corrected chi connectivity index (χ2v) is 6.48. The molecule has 0 bridgehead atoms. The maximum atomic E-state index is 12.5. The molecule has 2 aromatic heterocycles. The number of carbonyl (C=O) groups excluding carboxylic acids is 1. The Morgan fingerprint density at radius 1 is 1.43 bits per heavy atom. The summed E-state index contributed by atoms with van der Waals surface area (Å²) < 4.78 is 12.7. The zero-order valence-corrected chi connectivity index (χ0v) is 14.4. The zero-order chi connectivity index (χ0) is 17.0. The van der Waals surface area contributed by atoms with Gasteiger partial charge in [-0.1, -0.05) is 6.92 Å². The van der Waals surface area contributed by atoms with Gasteiger partial charge in [-0.15, -0.1) is 0 Å². The molecule has 6 nitrogen and oxygen atoms in total. The van der Waals surface area contributed by atoms with Crippen molar-refractivity contribution in [3.8, 4) is 0 Å². The quantitative estimate of drug-likeness (QED) is 0.889. The van der Waals surface area contributed by atoms with E-state index >= 15 is 0 Å². The molecule has 0 saturated carbocycles. The van der Waals surface area contributed by atoms with Gasteiger partial charge in [0, 0.05) is 19.7 Å². The second-order valence-electron chi connectivity index (χ2n) is 6.48. The molecule has 0 saturated heterocycles. The maximum Gasteiger partial charge on any atom is 0.255 e. The van der Waals surface area contributed by atoms with Crippen LogP contribution in [0.3, 0.4) is 0 Å². The molecule has 126 valence electrons. The normalized spacial score (nSPS) is 13.1. The number of amides is 1. The lowest BCUT2D eigenvalue weighted by Crippen LogP contribution is -2.31. The van der Waals surface area contributed by atoms with Crippen LogP contribution < -0.4 is 5.32 Å². The summed E-state index contributed by atoms with van der Waals surface area (Å²) in [6.45, 7) is 8.46. The van der Waals surface area contributed by atoms with E-state index in [1.807, 2.05) is 39.8 Å². The highest BCUT2D eigenvalue weighted by atomic mass is 16.5. The summed E-state index contributed by atoms with van der Waals surface area (Å²) >= 11 is 0. The second kappa shape index (κ2) is 7.00. The number of carbonyl (C=O) groups is 1. The number of hydrogen-bond acceptors (Lipinski definition) is 4. The van der Waals surface area contributed by atoms with E-state index < -0.39 is 0 Å². The molecule has 1 amide bonds. The molecule has 0 aromatic carbocycles. The Balaban J connectivity index is 2.13. The molecule has 1 atom stereocenters. The Morgan fingerprint density at radius 3 is 2.70 bits per heavy atom. The van der Waals surface area contributed by atoms with Crippen molar-refractivity contribution in [1.82, 2.24) is 15.1 Å². The van der Waals surface area contributed by atoms with Gasteiger partial charge in [-0.2, -0.15) is 5.10 Å². The minimum absolute atomic E-state index is 0.165. The number of furan rings is 1. The number of nitrogens with one attached hydrogen (secondary N) is 1. The van der Waals surface area contributed by atoms with Crippen LogP contribution in [0.1, 0.15) is 55.6 Å². The van der Waals surface area contributed by atoms with E-state index in [0.717, 1.165) is 12.2 Å². The van der Waals surface area contributed by atoms with E-state index in [2.05, 4.69) is 10.4 Å². The first-order valence-corrected chi connectivity index (χ1v) is 7.78. The van der Waals surface area contributed by atoms with Crippen LogP contribution in [-0.2, 0) is 16.7 Å². The van der Waals surface area contributed by atoms with Crippen molar-refractivity contribution in [3.05, 3.63) is 41.6 Å². The Morgan fingerprint density at radius 2 is 2.17 bits per heavy atom. The zero-order valence-electron chi connectivity index (χ0n) is 14.4. The van der Waals surface area contributed by atoms with Crippen LogP contribution in [-0.4, -0.2) is 29.4 Å². The van der Waals surface area contributed by atoms with Crippen LogP contribution in [0.2, 0.25) is 0 Å². The Bertz CT molecular complexity index is 652. The molecule has 0 aliphatic carbocycles. The molecule has 6 heteroatoms. The third-order valence-electron chi connectivity index (χ3n) is 3.55. The van der Waals surface area contributed by atoms with Gasteiger partial charge >= 0.3 is 0 Å². The van der Waals surface area contributed by atoms with E-state index in [9.17, 15) is 4.79 Å². The predicted molar refractivity (Wildman–Crippen MR) is 87.4 cm³/mol. The number of methoxy groups -OCH3 is 1. The van der Waals surface area contributed by atoms with Crippen LogP contribution in [0.5, 0.6) is 0 Å². The lowest BCUT2D eigenvalue weighted by atomic mass is 10.1. The first kappa shape index (κ1) is 17.3. The monoisotopic (exact) mass is 319 g/mol. The van der Waals surface area contributed by atoms with Crippen LogP contribution in [0.25, 0.3) is 0 Å². The van der Waals surface area contributed by atoms with Crippen LogP contribution in [0.4, 0.5) is 0 Å². The summed E-state index contributed by atoms with van der Waals surface area (Å²) in [5, 5.41) is 7.19. The number of rotatable bonds is 6. The molecule has 0 spiro atoms. The number of aromatic nitrogens is 2. The number of hydrogen-bond donors (Lipinski definition) is 1. The van der Waals surface area contributed by atoms with Gasteiger partial charge in [0.1, 0.15) is 17.6 Å². The van der Waals surface area contributed by atoms with Crippen molar-refractivity contribution in [1.29, 1.82) is 0 Å². The van der Waals surface area contributed by atoms with Gasteiger partial charge in [0.25, 0.3) is 5.91 Å². The fourth-order valence-corrected chi connectivity index (χ4v) is 2.18. The molecule has 0 aliphatic heterocycles. The maximum absolute atomic E-state index is 12.5. The van der Waals surface area contributed by atoms with Crippen molar-refractivity contribution < 1.29 is 13.9 Å². The van der Waals surface area contributed by atoms with Crippen molar-refractivity contribution in [2.75, 3.05) is 13.7 Å². The van der Waals surface area contributed by atoms with Crippen molar-refractivity contribution in [2.24, 2.45) is 0 Å². The summed E-state index contributed by atoms with van der Waals surface area (Å²) in [6, 6.07) is 3.47. The molecule has 2 heterocycles. The highest BCUT2D eigenvalue weighted by Gasteiger charge is 2.21. The smallest absolute Gasteiger partial charge is 0.255 e. The Hall–Kier alpha value is -2.08. The molecule has 0 unspecified atom stereocenters. The van der Waals surface area contributed by atoms with E-state index in [1.54, 1.807) is 24.2 Å². The van der Waals surface area contributed by atoms with Crippen LogP contribution in [0.15, 0.2) is 28.9 Å². The fourth-order valence-electron chi connectivity index (χ4n) is 2.18. The molecule has 23 heavy (non-hydrogen) atoms. The van der Waals surface area contributed by atoms with Crippen LogP contribution >= 0.6 is 0 Å². The summed E-state index contributed by atoms with van der Waals surface area (Å²) in [5.41, 5.74) is 0.352. The average Bonchev–Trinajstić information content (AvgIpc) is 3.15. The number of nitrogens with zero attached hydrogens (tertiary/aromatic N) is 2. The molecular weight excluding hydrogens is 294 g/mol. The van der Waals surface area contributed by atoms with E-state index in [-0.39, 0.29) is 17.5 Å². The molecule has 2 aromatic rings. The standard InChI is InChI=1S/C17H25N3O3/c1-6-13-7-8-15(23-13)14(11-22-5)19-16(21)12-9-18-20(10-12)17(2,3)4/h7-10,14H,6,11H2,1-5H3,(H,19,21)/t14-/m1/s1. The molecule has 1 N–H and O–H groups in total. The summed E-state index contributed by atoms with van der Waals surface area (Å²) in [4.78, 5) is 12.5. The highest BCUT2D eigenvalue weighted by Crippen LogP contribution is 2.19. The molecule has 0 fully saturated rings. The first-order valence-electron chi connectivity index (χ1n) is 7.78. The largest absolute Gasteiger partial charge is 0.464 e. The topological polar surface area (TPSA) is 69.3 Å². The lowest BCUT2D eigenvalue weighted by Gasteiger charge is -2.18. The predicted octanol–water partition coefficient (Wildman–Crippen LogP) is 2.91. The fraction of sp³-hybridized carbons (Fsp3) is 0.529. The van der Waals surface area contributed by atoms with E-state index in [4.69, 9.17) is 9.15 Å². The highest BCUT2D eigenvalue weighted by molar-refractivity contribution is 5.93. The van der Waals surface area contributed by atoms with Crippen molar-refractivity contribution >= 4 is 5.91 Å². The molecule has 0 radical (unpaired) electrons. The third kappa shape index (κ3) is 4.22. The van der Waals surface area contributed by atoms with Gasteiger partial charge in [0.2, 0.25) is 0 Å². The molecular formula is C17H25N3O3. The average molecular weight is 319 g/mol. The van der Waals surface area contributed by atoms with Gasteiger partial charge in [0.15, 0.2) is 0 Å². The summed E-state index contributed by atoms with van der Waals surface area (Å²) in [6.07, 6.45) is 4.13. The Kier molecular flexibility index (Phi) is 5.26. The lowest BCUT2D eigenvalue weighted by molar-refractivity contribution is 0.0882. The Labute approximate surface area is 136 Å². The third-order valence-corrected chi connectivity index (χ3v) is 3.55.